The molecule has 0 amide bonds. The molecule has 0 saturated carbocycles. The number of aliphatic hydroxyl groups excluding tert-OH is 1. The Morgan fingerprint density at radius 2 is 2.23 bits per heavy atom. The van der Waals surface area contributed by atoms with E-state index in [2.05, 4.69) is 47.0 Å². The molecule has 0 saturated heterocycles. The predicted octanol–water partition coefficient (Wildman–Crippen LogP) is 1.85. The van der Waals surface area contributed by atoms with Gasteiger partial charge in [-0.25, -0.2) is 0 Å². The van der Waals surface area contributed by atoms with Gasteiger partial charge in [0.2, 0.25) is 0 Å². The number of benzene rings is 1. The Kier molecular flexibility index (Phi) is 4.15. The third-order valence-corrected chi connectivity index (χ3v) is 3.38. The van der Waals surface area contributed by atoms with Crippen LogP contribution in [0.4, 0.5) is 0 Å². The van der Waals surface area contributed by atoms with Gasteiger partial charge in [-0.2, -0.15) is 0 Å². The van der Waals surface area contributed by atoms with E-state index in [1.54, 1.807) is 0 Å². The molecule has 3 heteroatoms. The molecule has 1 atom stereocenters. The van der Waals surface area contributed by atoms with E-state index in [4.69, 9.17) is 5.11 Å². The third kappa shape index (κ3) is 2.42. The Morgan fingerprint density at radius 1 is 1.54 bits per heavy atom. The van der Waals surface area contributed by atoms with Crippen LogP contribution in [-0.4, -0.2) is 18.8 Å². The van der Waals surface area contributed by atoms with Crippen LogP contribution >= 0.6 is 22.6 Å². The van der Waals surface area contributed by atoms with Crippen LogP contribution in [0.15, 0.2) is 18.2 Å². The lowest BCUT2D eigenvalue weighted by atomic mass is 10.0. The molecule has 0 spiro atoms. The Hall–Kier alpha value is -0.130. The summed E-state index contributed by atoms with van der Waals surface area (Å²) in [6, 6.07) is 6.19. The van der Waals surface area contributed by atoms with Gasteiger partial charge in [0.1, 0.15) is 0 Å². The molecule has 72 valence electrons. The van der Waals surface area contributed by atoms with Crippen molar-refractivity contribution in [3.05, 3.63) is 32.9 Å². The van der Waals surface area contributed by atoms with Gasteiger partial charge in [-0.1, -0.05) is 12.1 Å². The Balaban J connectivity index is 3.05. The maximum atomic E-state index is 9.13. The van der Waals surface area contributed by atoms with Crippen LogP contribution in [0.2, 0.25) is 0 Å². The predicted molar refractivity (Wildman–Crippen MR) is 62.8 cm³/mol. The fraction of sp³-hybridized carbons (Fsp3) is 0.400. The van der Waals surface area contributed by atoms with Gasteiger partial charge >= 0.3 is 0 Å². The summed E-state index contributed by atoms with van der Waals surface area (Å²) in [5, 5.41) is 12.2. The van der Waals surface area contributed by atoms with E-state index in [9.17, 15) is 0 Å². The normalized spacial score (nSPS) is 12.9. The lowest BCUT2D eigenvalue weighted by molar-refractivity contribution is 0.250. The van der Waals surface area contributed by atoms with Crippen LogP contribution in [0.25, 0.3) is 0 Å². The minimum atomic E-state index is 0.0507. The number of nitrogens with one attached hydrogen (secondary N) is 1. The SMILES string of the molecule is CNC(CO)c1cccc(I)c1C. The third-order valence-electron chi connectivity index (χ3n) is 2.22. The molecule has 0 aliphatic heterocycles. The first-order valence-electron chi connectivity index (χ1n) is 4.23. The number of likely N-dealkylation sites (N-methyl/N-ethyl adjacent to an activating group) is 1. The van der Waals surface area contributed by atoms with E-state index in [-0.39, 0.29) is 12.6 Å². The van der Waals surface area contributed by atoms with Crippen molar-refractivity contribution in [3.63, 3.8) is 0 Å². The molecule has 0 radical (unpaired) electrons. The monoisotopic (exact) mass is 291 g/mol. The summed E-state index contributed by atoms with van der Waals surface area (Å²) in [5.74, 6) is 0. The second-order valence-electron chi connectivity index (χ2n) is 2.98. The van der Waals surface area contributed by atoms with Crippen LogP contribution in [0.1, 0.15) is 17.2 Å². The minimum Gasteiger partial charge on any atom is -0.394 e. The summed E-state index contributed by atoms with van der Waals surface area (Å²) in [5.41, 5.74) is 2.42. The molecular formula is C10H14INO. The zero-order chi connectivity index (χ0) is 9.84. The molecule has 0 fully saturated rings. The van der Waals surface area contributed by atoms with Gasteiger partial charge in [-0.15, -0.1) is 0 Å². The molecule has 0 bridgehead atoms. The topological polar surface area (TPSA) is 32.3 Å². The highest BCUT2D eigenvalue weighted by Gasteiger charge is 2.10. The quantitative estimate of drug-likeness (QED) is 0.833. The maximum Gasteiger partial charge on any atom is 0.0626 e. The fourth-order valence-electron chi connectivity index (χ4n) is 1.35. The average Bonchev–Trinajstić information content (AvgIpc) is 2.14. The van der Waals surface area contributed by atoms with Crippen LogP contribution in [0.5, 0.6) is 0 Å². The molecular weight excluding hydrogens is 277 g/mol. The lowest BCUT2D eigenvalue weighted by Crippen LogP contribution is -2.21. The average molecular weight is 291 g/mol. The molecule has 0 aromatic heterocycles. The van der Waals surface area contributed by atoms with Crippen molar-refractivity contribution in [1.82, 2.24) is 5.32 Å². The first kappa shape index (κ1) is 10.9. The summed E-state index contributed by atoms with van der Waals surface area (Å²) in [6.07, 6.45) is 0. The molecule has 2 nitrogen and oxygen atoms in total. The van der Waals surface area contributed by atoms with E-state index < -0.39 is 0 Å². The maximum absolute atomic E-state index is 9.13. The van der Waals surface area contributed by atoms with Crippen molar-refractivity contribution < 1.29 is 5.11 Å². The van der Waals surface area contributed by atoms with Crippen LogP contribution < -0.4 is 5.32 Å². The zero-order valence-corrected chi connectivity index (χ0v) is 10.00. The lowest BCUT2D eigenvalue weighted by Gasteiger charge is -2.16. The second kappa shape index (κ2) is 4.93. The van der Waals surface area contributed by atoms with Crippen molar-refractivity contribution in [2.75, 3.05) is 13.7 Å². The summed E-state index contributed by atoms with van der Waals surface area (Å²) < 4.78 is 1.24. The molecule has 1 unspecified atom stereocenters. The van der Waals surface area contributed by atoms with E-state index in [1.807, 2.05) is 13.1 Å². The van der Waals surface area contributed by atoms with E-state index in [0.717, 1.165) is 0 Å². The Morgan fingerprint density at radius 3 is 2.77 bits per heavy atom. The smallest absolute Gasteiger partial charge is 0.0626 e. The van der Waals surface area contributed by atoms with Crippen molar-refractivity contribution in [1.29, 1.82) is 0 Å². The molecule has 1 rings (SSSR count). The molecule has 13 heavy (non-hydrogen) atoms. The molecule has 0 heterocycles. The highest BCUT2D eigenvalue weighted by molar-refractivity contribution is 14.1. The van der Waals surface area contributed by atoms with Gasteiger partial charge in [0.05, 0.1) is 12.6 Å². The number of aliphatic hydroxyl groups is 1. The van der Waals surface area contributed by atoms with Crippen molar-refractivity contribution in [2.45, 2.75) is 13.0 Å². The summed E-state index contributed by atoms with van der Waals surface area (Å²) in [4.78, 5) is 0. The summed E-state index contributed by atoms with van der Waals surface area (Å²) in [6.45, 7) is 2.22. The first-order valence-corrected chi connectivity index (χ1v) is 5.31. The van der Waals surface area contributed by atoms with Gasteiger partial charge in [0.15, 0.2) is 0 Å². The van der Waals surface area contributed by atoms with E-state index in [1.165, 1.54) is 14.7 Å². The Labute approximate surface area is 92.5 Å². The minimum absolute atomic E-state index is 0.0507. The van der Waals surface area contributed by atoms with Crippen LogP contribution in [-0.2, 0) is 0 Å². The van der Waals surface area contributed by atoms with Gasteiger partial charge < -0.3 is 10.4 Å². The van der Waals surface area contributed by atoms with Gasteiger partial charge in [-0.05, 0) is 53.8 Å². The summed E-state index contributed by atoms with van der Waals surface area (Å²) in [7, 11) is 1.86. The molecule has 0 aliphatic rings. The molecule has 1 aromatic rings. The van der Waals surface area contributed by atoms with Gasteiger partial charge in [0.25, 0.3) is 0 Å². The molecule has 1 aromatic carbocycles. The number of hydrogen-bond donors (Lipinski definition) is 2. The van der Waals surface area contributed by atoms with Crippen LogP contribution in [0, 0.1) is 10.5 Å². The van der Waals surface area contributed by atoms with Crippen LogP contribution in [0.3, 0.4) is 0 Å². The summed E-state index contributed by atoms with van der Waals surface area (Å²) >= 11 is 2.31. The standard InChI is InChI=1S/C10H14INO/c1-7-8(10(6-13)12-2)4-3-5-9(7)11/h3-5,10,12-13H,6H2,1-2H3. The van der Waals surface area contributed by atoms with Crippen molar-refractivity contribution in [2.24, 2.45) is 0 Å². The van der Waals surface area contributed by atoms with Gasteiger partial charge in [0, 0.05) is 3.57 Å². The fourth-order valence-corrected chi connectivity index (χ4v) is 1.87. The van der Waals surface area contributed by atoms with Crippen molar-refractivity contribution in [3.8, 4) is 0 Å². The highest BCUT2D eigenvalue weighted by atomic mass is 127. The first-order chi connectivity index (χ1) is 6.20. The molecule has 0 aliphatic carbocycles. The van der Waals surface area contributed by atoms with E-state index in [0.29, 0.717) is 0 Å². The van der Waals surface area contributed by atoms with Crippen molar-refractivity contribution >= 4 is 22.6 Å². The number of hydrogen-bond acceptors (Lipinski definition) is 2. The second-order valence-corrected chi connectivity index (χ2v) is 4.14. The number of rotatable bonds is 3. The molecule has 2 N–H and O–H groups in total. The largest absolute Gasteiger partial charge is 0.394 e. The van der Waals surface area contributed by atoms with E-state index >= 15 is 0 Å². The van der Waals surface area contributed by atoms with Gasteiger partial charge in [-0.3, -0.25) is 0 Å². The zero-order valence-electron chi connectivity index (χ0n) is 7.84. The highest BCUT2D eigenvalue weighted by Crippen LogP contribution is 2.21. The Bertz CT molecular complexity index is 284. The number of halogens is 1.